The van der Waals surface area contributed by atoms with Crippen molar-refractivity contribution in [2.24, 2.45) is 0 Å². The Hall–Kier alpha value is -2.53. The van der Waals surface area contributed by atoms with Crippen LogP contribution in [-0.2, 0) is 17.9 Å². The number of halogens is 1. The Morgan fingerprint density at radius 3 is 2.85 bits per heavy atom. The van der Waals surface area contributed by atoms with Gasteiger partial charge in [-0.25, -0.2) is 4.98 Å². The molecule has 1 N–H and O–H groups in total. The number of carbonyl (C=O) groups is 1. The predicted molar refractivity (Wildman–Crippen MR) is 104 cm³/mol. The van der Waals surface area contributed by atoms with Gasteiger partial charge in [0.1, 0.15) is 18.2 Å². The van der Waals surface area contributed by atoms with Gasteiger partial charge in [-0.2, -0.15) is 0 Å². The first-order chi connectivity index (χ1) is 12.6. The lowest BCUT2D eigenvalue weighted by Crippen LogP contribution is -2.24. The summed E-state index contributed by atoms with van der Waals surface area (Å²) in [5, 5.41) is 3.62. The van der Waals surface area contributed by atoms with E-state index in [9.17, 15) is 4.79 Å². The zero-order valence-electron chi connectivity index (χ0n) is 15.0. The lowest BCUT2D eigenvalue weighted by Gasteiger charge is -2.12. The van der Waals surface area contributed by atoms with Gasteiger partial charge in [0.2, 0.25) is 5.91 Å². The molecule has 0 fully saturated rings. The summed E-state index contributed by atoms with van der Waals surface area (Å²) < 4.78 is 7.96. The smallest absolute Gasteiger partial charge is 0.220 e. The maximum absolute atomic E-state index is 11.6. The molecule has 1 heterocycles. The molecule has 6 heteroatoms. The number of hydrogen-bond donors (Lipinski definition) is 1. The van der Waals surface area contributed by atoms with Crippen molar-refractivity contribution in [2.75, 3.05) is 6.61 Å². The number of imidazole rings is 1. The van der Waals surface area contributed by atoms with Gasteiger partial charge in [0, 0.05) is 11.4 Å². The molecule has 0 bridgehead atoms. The van der Waals surface area contributed by atoms with E-state index >= 15 is 0 Å². The second kappa shape index (κ2) is 8.23. The first kappa shape index (κ1) is 18.3. The van der Waals surface area contributed by atoms with Gasteiger partial charge >= 0.3 is 0 Å². The Morgan fingerprint density at radius 1 is 1.27 bits per heavy atom. The van der Waals surface area contributed by atoms with E-state index in [-0.39, 0.29) is 5.91 Å². The fraction of sp³-hybridized carbons (Fsp3) is 0.300. The van der Waals surface area contributed by atoms with Crippen molar-refractivity contribution < 1.29 is 9.53 Å². The number of aromatic nitrogens is 2. The fourth-order valence-electron chi connectivity index (χ4n) is 2.77. The normalized spacial score (nSPS) is 10.9. The minimum atomic E-state index is 0.0106. The molecule has 5 nitrogen and oxygen atoms in total. The number of carbonyl (C=O) groups excluding carboxylic acids is 1. The molecule has 1 amide bonds. The number of hydrogen-bond acceptors (Lipinski definition) is 3. The molecule has 136 valence electrons. The van der Waals surface area contributed by atoms with Crippen LogP contribution in [-0.4, -0.2) is 22.1 Å². The molecule has 3 rings (SSSR count). The number of fused-ring (bicyclic) bond motifs is 1. The molecule has 1 aromatic heterocycles. The van der Waals surface area contributed by atoms with Crippen LogP contribution in [0.15, 0.2) is 42.5 Å². The van der Waals surface area contributed by atoms with E-state index in [1.54, 1.807) is 0 Å². The highest BCUT2D eigenvalue weighted by atomic mass is 35.5. The monoisotopic (exact) mass is 371 g/mol. The van der Waals surface area contributed by atoms with E-state index in [0.717, 1.165) is 33.2 Å². The van der Waals surface area contributed by atoms with Gasteiger partial charge in [0.25, 0.3) is 0 Å². The average Bonchev–Trinajstić information content (AvgIpc) is 3.00. The summed E-state index contributed by atoms with van der Waals surface area (Å²) >= 11 is 6.05. The Kier molecular flexibility index (Phi) is 5.78. The molecule has 26 heavy (non-hydrogen) atoms. The number of rotatable bonds is 7. The maximum atomic E-state index is 11.6. The van der Waals surface area contributed by atoms with E-state index < -0.39 is 0 Å². The molecule has 0 aliphatic rings. The van der Waals surface area contributed by atoms with Crippen LogP contribution >= 0.6 is 11.6 Å². The van der Waals surface area contributed by atoms with Crippen molar-refractivity contribution in [1.82, 2.24) is 14.9 Å². The van der Waals surface area contributed by atoms with Crippen LogP contribution in [0.2, 0.25) is 5.02 Å². The second-order valence-electron chi connectivity index (χ2n) is 6.06. The second-order valence-corrected chi connectivity index (χ2v) is 6.47. The summed E-state index contributed by atoms with van der Waals surface area (Å²) in [6.07, 6.45) is 0.458. The standard InChI is InChI=1S/C20H22ClN3O2/c1-3-20(25)22-13-19-23-17-6-4-5-7-18(17)24(19)10-11-26-15-8-9-16(21)14(2)12-15/h4-9,12H,3,10-11,13H2,1-2H3,(H,22,25). The van der Waals surface area contributed by atoms with Crippen molar-refractivity contribution in [2.45, 2.75) is 33.4 Å². The molecule has 0 radical (unpaired) electrons. The maximum Gasteiger partial charge on any atom is 0.220 e. The van der Waals surface area contributed by atoms with Gasteiger partial charge in [-0.15, -0.1) is 0 Å². The zero-order valence-corrected chi connectivity index (χ0v) is 15.7. The molecule has 0 saturated carbocycles. The molecule has 0 aliphatic heterocycles. The molecular formula is C20H22ClN3O2. The van der Waals surface area contributed by atoms with Gasteiger partial charge in [0.05, 0.1) is 24.1 Å². The topological polar surface area (TPSA) is 56.2 Å². The lowest BCUT2D eigenvalue weighted by atomic mass is 10.2. The van der Waals surface area contributed by atoms with Crippen LogP contribution in [0.4, 0.5) is 0 Å². The van der Waals surface area contributed by atoms with Crippen molar-refractivity contribution in [1.29, 1.82) is 0 Å². The summed E-state index contributed by atoms with van der Waals surface area (Å²) in [7, 11) is 0. The highest BCUT2D eigenvalue weighted by Crippen LogP contribution is 2.21. The van der Waals surface area contributed by atoms with Crippen molar-refractivity contribution in [3.63, 3.8) is 0 Å². The molecule has 0 atom stereocenters. The molecule has 2 aromatic carbocycles. The third kappa shape index (κ3) is 4.17. The lowest BCUT2D eigenvalue weighted by molar-refractivity contribution is -0.120. The van der Waals surface area contributed by atoms with Crippen LogP contribution < -0.4 is 10.1 Å². The third-order valence-electron chi connectivity index (χ3n) is 4.21. The van der Waals surface area contributed by atoms with Crippen LogP contribution in [0.5, 0.6) is 5.75 Å². The zero-order chi connectivity index (χ0) is 18.5. The van der Waals surface area contributed by atoms with Crippen molar-refractivity contribution in [3.05, 3.63) is 58.9 Å². The number of benzene rings is 2. The summed E-state index contributed by atoms with van der Waals surface area (Å²) in [6, 6.07) is 13.6. The highest BCUT2D eigenvalue weighted by Gasteiger charge is 2.11. The Labute approximate surface area is 157 Å². The SMILES string of the molecule is CCC(=O)NCc1nc2ccccc2n1CCOc1ccc(Cl)c(C)c1. The number of amides is 1. The Morgan fingerprint density at radius 2 is 2.08 bits per heavy atom. The number of para-hydroxylation sites is 2. The van der Waals surface area contributed by atoms with E-state index in [2.05, 4.69) is 14.9 Å². The molecule has 3 aromatic rings. The number of aryl methyl sites for hydroxylation is 1. The van der Waals surface area contributed by atoms with E-state index in [1.165, 1.54) is 0 Å². The van der Waals surface area contributed by atoms with E-state index in [0.29, 0.717) is 26.1 Å². The minimum absolute atomic E-state index is 0.0106. The fourth-order valence-corrected chi connectivity index (χ4v) is 2.89. The first-order valence-corrected chi connectivity index (χ1v) is 9.06. The molecule has 0 spiro atoms. The average molecular weight is 372 g/mol. The van der Waals surface area contributed by atoms with Gasteiger partial charge in [-0.1, -0.05) is 30.7 Å². The molecule has 0 unspecified atom stereocenters. The highest BCUT2D eigenvalue weighted by molar-refractivity contribution is 6.31. The summed E-state index contributed by atoms with van der Waals surface area (Å²) in [5.74, 6) is 1.62. The predicted octanol–water partition coefficient (Wildman–Crippen LogP) is 4.10. The van der Waals surface area contributed by atoms with E-state index in [4.69, 9.17) is 16.3 Å². The van der Waals surface area contributed by atoms with Crippen LogP contribution in [0.1, 0.15) is 24.7 Å². The van der Waals surface area contributed by atoms with Crippen LogP contribution in [0, 0.1) is 6.92 Å². The molecular weight excluding hydrogens is 350 g/mol. The van der Waals surface area contributed by atoms with Crippen molar-refractivity contribution >= 4 is 28.5 Å². The third-order valence-corrected chi connectivity index (χ3v) is 4.64. The summed E-state index contributed by atoms with van der Waals surface area (Å²) in [4.78, 5) is 16.2. The molecule has 0 saturated heterocycles. The minimum Gasteiger partial charge on any atom is -0.492 e. The summed E-state index contributed by atoms with van der Waals surface area (Å²) in [6.45, 7) is 5.32. The van der Waals surface area contributed by atoms with Gasteiger partial charge in [0.15, 0.2) is 0 Å². The Bertz CT molecular complexity index is 921. The molecule has 0 aliphatic carbocycles. The first-order valence-electron chi connectivity index (χ1n) is 8.68. The number of nitrogens with one attached hydrogen (secondary N) is 1. The number of nitrogens with zero attached hydrogens (tertiary/aromatic N) is 2. The quantitative estimate of drug-likeness (QED) is 0.680. The van der Waals surface area contributed by atoms with Gasteiger partial charge in [-0.3, -0.25) is 4.79 Å². The van der Waals surface area contributed by atoms with E-state index in [1.807, 2.05) is 56.3 Å². The van der Waals surface area contributed by atoms with Gasteiger partial charge in [-0.05, 0) is 42.8 Å². The van der Waals surface area contributed by atoms with Crippen LogP contribution in [0.25, 0.3) is 11.0 Å². The largest absolute Gasteiger partial charge is 0.492 e. The number of ether oxygens (including phenoxy) is 1. The Balaban J connectivity index is 1.74. The summed E-state index contributed by atoms with van der Waals surface area (Å²) in [5.41, 5.74) is 2.93. The van der Waals surface area contributed by atoms with Gasteiger partial charge < -0.3 is 14.6 Å². The van der Waals surface area contributed by atoms with Crippen molar-refractivity contribution in [3.8, 4) is 5.75 Å². The van der Waals surface area contributed by atoms with Crippen LogP contribution in [0.3, 0.4) is 0 Å².